The van der Waals surface area contributed by atoms with Crippen LogP contribution in [0.1, 0.15) is 12.5 Å². The van der Waals surface area contributed by atoms with Gasteiger partial charge in [0.25, 0.3) is 0 Å². The maximum atomic E-state index is 12.9. The summed E-state index contributed by atoms with van der Waals surface area (Å²) in [4.78, 5) is 4.37. The molecule has 3 rings (SSSR count). The zero-order valence-corrected chi connectivity index (χ0v) is 12.2. The zero-order chi connectivity index (χ0) is 14.8. The van der Waals surface area contributed by atoms with E-state index in [2.05, 4.69) is 15.4 Å². The Hall–Kier alpha value is -2.14. The molecular weight excluding hydrogens is 291 g/mol. The number of aromatic nitrogens is 3. The quantitative estimate of drug-likeness (QED) is 0.801. The largest absolute Gasteiger partial charge is 0.350 e. The van der Waals surface area contributed by atoms with Crippen molar-refractivity contribution in [3.63, 3.8) is 0 Å². The van der Waals surface area contributed by atoms with E-state index in [0.29, 0.717) is 11.0 Å². The number of rotatable bonds is 4. The lowest BCUT2D eigenvalue weighted by atomic mass is 10.1. The fraction of sp³-hybridized carbons (Fsp3) is 0.200. The van der Waals surface area contributed by atoms with E-state index in [1.54, 1.807) is 28.9 Å². The number of anilines is 1. The van der Waals surface area contributed by atoms with Crippen LogP contribution in [0.2, 0.25) is 5.02 Å². The Bertz CT molecular complexity index is 754. The predicted octanol–water partition coefficient (Wildman–Crippen LogP) is 3.56. The summed E-state index contributed by atoms with van der Waals surface area (Å²) >= 11 is 5.91. The Labute approximate surface area is 126 Å². The average Bonchev–Trinajstić information content (AvgIpc) is 2.82. The molecule has 108 valence electrons. The highest BCUT2D eigenvalue weighted by Gasteiger charge is 2.08. The second kappa shape index (κ2) is 5.69. The van der Waals surface area contributed by atoms with Crippen LogP contribution in [0.3, 0.4) is 0 Å². The van der Waals surface area contributed by atoms with Gasteiger partial charge < -0.3 is 5.32 Å². The number of pyridine rings is 1. The van der Waals surface area contributed by atoms with E-state index >= 15 is 0 Å². The molecule has 21 heavy (non-hydrogen) atoms. The van der Waals surface area contributed by atoms with Gasteiger partial charge in [0.2, 0.25) is 5.95 Å². The van der Waals surface area contributed by atoms with Crippen molar-refractivity contribution in [1.82, 2.24) is 14.6 Å². The molecule has 0 amide bonds. The molecule has 0 radical (unpaired) electrons. The maximum Gasteiger partial charge on any atom is 0.243 e. The molecule has 2 heterocycles. The highest BCUT2D eigenvalue weighted by atomic mass is 35.5. The van der Waals surface area contributed by atoms with E-state index in [1.807, 2.05) is 13.0 Å². The molecule has 0 spiro atoms. The maximum absolute atomic E-state index is 12.9. The Morgan fingerprint density at radius 2 is 2.00 bits per heavy atom. The number of nitrogens with one attached hydrogen (secondary N) is 1. The van der Waals surface area contributed by atoms with E-state index in [0.717, 1.165) is 17.6 Å². The molecule has 0 aliphatic rings. The molecule has 1 N–H and O–H groups in total. The summed E-state index contributed by atoms with van der Waals surface area (Å²) in [6.45, 7) is 2.03. The number of nitrogens with zero attached hydrogens (tertiary/aromatic N) is 3. The van der Waals surface area contributed by atoms with Gasteiger partial charge in [-0.05, 0) is 43.2 Å². The highest BCUT2D eigenvalue weighted by Crippen LogP contribution is 2.13. The molecule has 0 saturated heterocycles. The highest BCUT2D eigenvalue weighted by molar-refractivity contribution is 6.30. The van der Waals surface area contributed by atoms with Crippen molar-refractivity contribution < 1.29 is 4.39 Å². The molecule has 0 saturated carbocycles. The van der Waals surface area contributed by atoms with Crippen LogP contribution in [0.25, 0.3) is 5.65 Å². The van der Waals surface area contributed by atoms with Gasteiger partial charge in [0.1, 0.15) is 5.82 Å². The van der Waals surface area contributed by atoms with Crippen LogP contribution >= 0.6 is 11.6 Å². The third-order valence-electron chi connectivity index (χ3n) is 3.13. The van der Waals surface area contributed by atoms with E-state index in [9.17, 15) is 4.39 Å². The summed E-state index contributed by atoms with van der Waals surface area (Å²) in [5.41, 5.74) is 1.79. The monoisotopic (exact) mass is 304 g/mol. The van der Waals surface area contributed by atoms with Crippen LogP contribution in [0.4, 0.5) is 10.3 Å². The van der Waals surface area contributed by atoms with Crippen LogP contribution in [-0.4, -0.2) is 20.6 Å². The first-order chi connectivity index (χ1) is 10.1. The lowest BCUT2D eigenvalue weighted by Gasteiger charge is -2.12. The summed E-state index contributed by atoms with van der Waals surface area (Å²) < 4.78 is 14.5. The third kappa shape index (κ3) is 3.31. The lowest BCUT2D eigenvalue weighted by Crippen LogP contribution is -2.19. The minimum Gasteiger partial charge on any atom is -0.350 e. The average molecular weight is 305 g/mol. The standard InChI is InChI=1S/C15H14ClFN4/c1-10(8-11-2-5-13(17)6-3-11)18-15-19-14-7-4-12(16)9-21(14)20-15/h2-7,9-10H,8H2,1H3,(H,18,20). The van der Waals surface area contributed by atoms with Gasteiger partial charge in [0.15, 0.2) is 5.65 Å². The van der Waals surface area contributed by atoms with Gasteiger partial charge in [-0.1, -0.05) is 23.7 Å². The fourth-order valence-corrected chi connectivity index (χ4v) is 2.32. The van der Waals surface area contributed by atoms with Crippen molar-refractivity contribution >= 4 is 23.2 Å². The first-order valence-corrected chi connectivity index (χ1v) is 7.01. The van der Waals surface area contributed by atoms with Gasteiger partial charge in [0, 0.05) is 12.2 Å². The number of fused-ring (bicyclic) bond motifs is 1. The molecule has 1 aromatic carbocycles. The van der Waals surface area contributed by atoms with E-state index < -0.39 is 0 Å². The molecule has 0 fully saturated rings. The Kier molecular flexibility index (Phi) is 3.75. The lowest BCUT2D eigenvalue weighted by molar-refractivity contribution is 0.626. The van der Waals surface area contributed by atoms with Gasteiger partial charge in [-0.2, -0.15) is 4.98 Å². The Morgan fingerprint density at radius 3 is 2.76 bits per heavy atom. The SMILES string of the molecule is CC(Cc1ccc(F)cc1)Nc1nc2ccc(Cl)cn2n1. The second-order valence-corrected chi connectivity index (χ2v) is 5.40. The topological polar surface area (TPSA) is 42.2 Å². The number of benzene rings is 1. The smallest absolute Gasteiger partial charge is 0.243 e. The summed E-state index contributed by atoms with van der Waals surface area (Å²) in [6, 6.07) is 10.2. The van der Waals surface area contributed by atoms with E-state index in [-0.39, 0.29) is 11.9 Å². The minimum atomic E-state index is -0.224. The first kappa shape index (κ1) is 13.8. The van der Waals surface area contributed by atoms with Gasteiger partial charge >= 0.3 is 0 Å². The molecular formula is C15H14ClFN4. The predicted molar refractivity (Wildman–Crippen MR) is 81.2 cm³/mol. The van der Waals surface area contributed by atoms with Crippen LogP contribution in [0.15, 0.2) is 42.6 Å². The van der Waals surface area contributed by atoms with Crippen molar-refractivity contribution in [1.29, 1.82) is 0 Å². The van der Waals surface area contributed by atoms with Crippen LogP contribution < -0.4 is 5.32 Å². The molecule has 1 unspecified atom stereocenters. The van der Waals surface area contributed by atoms with Gasteiger partial charge in [-0.15, -0.1) is 5.10 Å². The van der Waals surface area contributed by atoms with E-state index in [4.69, 9.17) is 11.6 Å². The molecule has 0 aliphatic carbocycles. The molecule has 1 atom stereocenters. The fourth-order valence-electron chi connectivity index (χ4n) is 2.16. The molecule has 2 aromatic heterocycles. The number of halogens is 2. The Balaban J connectivity index is 1.70. The van der Waals surface area contributed by atoms with Crippen molar-refractivity contribution in [2.24, 2.45) is 0 Å². The number of hydrogen-bond acceptors (Lipinski definition) is 3. The van der Waals surface area contributed by atoms with Crippen LogP contribution in [0.5, 0.6) is 0 Å². The third-order valence-corrected chi connectivity index (χ3v) is 3.35. The summed E-state index contributed by atoms with van der Waals surface area (Å²) in [5, 5.41) is 8.16. The van der Waals surface area contributed by atoms with Crippen LogP contribution in [-0.2, 0) is 6.42 Å². The number of hydrogen-bond donors (Lipinski definition) is 1. The zero-order valence-electron chi connectivity index (χ0n) is 11.4. The molecule has 0 aliphatic heterocycles. The minimum absolute atomic E-state index is 0.128. The van der Waals surface area contributed by atoms with Gasteiger partial charge in [-0.25, -0.2) is 8.91 Å². The first-order valence-electron chi connectivity index (χ1n) is 6.63. The molecule has 6 heteroatoms. The molecule has 4 nitrogen and oxygen atoms in total. The normalized spacial score (nSPS) is 12.5. The van der Waals surface area contributed by atoms with Crippen molar-refractivity contribution in [2.75, 3.05) is 5.32 Å². The summed E-state index contributed by atoms with van der Waals surface area (Å²) in [6.07, 6.45) is 2.47. The van der Waals surface area contributed by atoms with Crippen molar-refractivity contribution in [3.05, 3.63) is 59.0 Å². The molecule has 3 aromatic rings. The van der Waals surface area contributed by atoms with Crippen LogP contribution in [0, 0.1) is 5.82 Å². The van der Waals surface area contributed by atoms with E-state index in [1.165, 1.54) is 12.1 Å². The summed E-state index contributed by atoms with van der Waals surface area (Å²) in [7, 11) is 0. The van der Waals surface area contributed by atoms with Gasteiger partial charge in [0.05, 0.1) is 5.02 Å². The van der Waals surface area contributed by atoms with Crippen molar-refractivity contribution in [3.8, 4) is 0 Å². The van der Waals surface area contributed by atoms with Crippen molar-refractivity contribution in [2.45, 2.75) is 19.4 Å². The summed E-state index contributed by atoms with van der Waals surface area (Å²) in [5.74, 6) is 0.324. The molecule has 0 bridgehead atoms. The Morgan fingerprint density at radius 1 is 1.24 bits per heavy atom. The second-order valence-electron chi connectivity index (χ2n) is 4.96. The van der Waals surface area contributed by atoms with Gasteiger partial charge in [-0.3, -0.25) is 0 Å².